The fourth-order valence-corrected chi connectivity index (χ4v) is 3.71. The summed E-state index contributed by atoms with van der Waals surface area (Å²) < 4.78 is 11.5. The van der Waals surface area contributed by atoms with Crippen molar-refractivity contribution >= 4 is 5.91 Å². The second-order valence-electron chi connectivity index (χ2n) is 6.75. The molecule has 3 atom stereocenters. The third-order valence-electron chi connectivity index (χ3n) is 5.07. The molecule has 0 aromatic heterocycles. The van der Waals surface area contributed by atoms with Crippen LogP contribution in [0.15, 0.2) is 54.6 Å². The highest BCUT2D eigenvalue weighted by molar-refractivity contribution is 5.94. The van der Waals surface area contributed by atoms with Crippen molar-refractivity contribution in [2.45, 2.75) is 37.5 Å². The van der Waals surface area contributed by atoms with Crippen LogP contribution in [-0.4, -0.2) is 37.4 Å². The van der Waals surface area contributed by atoms with Crippen LogP contribution >= 0.6 is 0 Å². The minimum atomic E-state index is -0.0141. The lowest BCUT2D eigenvalue weighted by molar-refractivity contribution is -0.157. The molecule has 2 aromatic carbocycles. The van der Waals surface area contributed by atoms with Crippen molar-refractivity contribution in [3.8, 4) is 11.1 Å². The second kappa shape index (κ2) is 7.38. The Morgan fingerprint density at radius 2 is 1.52 bits per heavy atom. The largest absolute Gasteiger partial charge is 0.373 e. The average Bonchev–Trinajstić information content (AvgIpc) is 2.69. The van der Waals surface area contributed by atoms with Gasteiger partial charge in [-0.05, 0) is 42.5 Å². The van der Waals surface area contributed by atoms with Gasteiger partial charge >= 0.3 is 0 Å². The quantitative estimate of drug-likeness (QED) is 0.933. The molecule has 2 aromatic rings. The van der Waals surface area contributed by atoms with Gasteiger partial charge in [-0.25, -0.2) is 0 Å². The van der Waals surface area contributed by atoms with Gasteiger partial charge in [0, 0.05) is 11.6 Å². The van der Waals surface area contributed by atoms with Gasteiger partial charge in [0.05, 0.1) is 25.4 Å². The number of benzene rings is 2. The highest BCUT2D eigenvalue weighted by Crippen LogP contribution is 2.27. The van der Waals surface area contributed by atoms with E-state index in [4.69, 9.17) is 9.47 Å². The van der Waals surface area contributed by atoms with Crippen LogP contribution in [0.2, 0.25) is 0 Å². The molecule has 4 heteroatoms. The first-order valence-electron chi connectivity index (χ1n) is 8.99. The molecule has 2 aliphatic rings. The summed E-state index contributed by atoms with van der Waals surface area (Å²) in [7, 11) is 0. The van der Waals surface area contributed by atoms with Crippen molar-refractivity contribution in [3.05, 3.63) is 60.2 Å². The lowest BCUT2D eigenvalue weighted by atomic mass is 9.89. The van der Waals surface area contributed by atoms with Crippen molar-refractivity contribution in [1.82, 2.24) is 5.32 Å². The molecule has 0 radical (unpaired) electrons. The molecular weight excluding hydrogens is 314 g/mol. The van der Waals surface area contributed by atoms with E-state index in [1.165, 1.54) is 0 Å². The summed E-state index contributed by atoms with van der Waals surface area (Å²) in [6.45, 7) is 1.34. The highest BCUT2D eigenvalue weighted by Gasteiger charge is 2.34. The molecule has 1 heterocycles. The zero-order valence-electron chi connectivity index (χ0n) is 14.2. The van der Waals surface area contributed by atoms with Crippen LogP contribution in [0.25, 0.3) is 11.1 Å². The first-order chi connectivity index (χ1) is 12.3. The third-order valence-corrected chi connectivity index (χ3v) is 5.07. The number of rotatable bonds is 3. The van der Waals surface area contributed by atoms with Crippen LogP contribution in [0, 0.1) is 0 Å². The summed E-state index contributed by atoms with van der Waals surface area (Å²) in [6, 6.07) is 18.1. The van der Waals surface area contributed by atoms with E-state index in [9.17, 15) is 4.79 Å². The maximum atomic E-state index is 12.5. The molecule has 25 heavy (non-hydrogen) atoms. The van der Waals surface area contributed by atoms with Crippen LogP contribution in [-0.2, 0) is 9.47 Å². The number of hydrogen-bond donors (Lipinski definition) is 1. The zero-order valence-corrected chi connectivity index (χ0v) is 14.2. The van der Waals surface area contributed by atoms with Gasteiger partial charge in [0.15, 0.2) is 0 Å². The van der Waals surface area contributed by atoms with Gasteiger partial charge in [0.25, 0.3) is 5.91 Å². The predicted molar refractivity (Wildman–Crippen MR) is 96.5 cm³/mol. The number of nitrogens with one attached hydrogen (secondary N) is 1. The van der Waals surface area contributed by atoms with Crippen molar-refractivity contribution in [1.29, 1.82) is 0 Å². The average molecular weight is 337 g/mol. The number of carbonyl (C=O) groups is 1. The Hall–Kier alpha value is -2.17. The van der Waals surface area contributed by atoms with Gasteiger partial charge in [0.1, 0.15) is 0 Å². The van der Waals surface area contributed by atoms with Gasteiger partial charge in [0.2, 0.25) is 0 Å². The molecule has 0 spiro atoms. The van der Waals surface area contributed by atoms with Gasteiger partial charge in [-0.1, -0.05) is 42.5 Å². The number of ether oxygens (including phenoxy) is 2. The van der Waals surface area contributed by atoms with E-state index in [-0.39, 0.29) is 24.2 Å². The minimum absolute atomic E-state index is 0.0141. The van der Waals surface area contributed by atoms with Crippen molar-refractivity contribution in [2.24, 2.45) is 0 Å². The van der Waals surface area contributed by atoms with Crippen molar-refractivity contribution in [3.63, 3.8) is 0 Å². The molecule has 1 aliphatic heterocycles. The SMILES string of the molecule is O=C(N[C@@H]1CC[C@H]2OCCO[C@@H]2C1)c1ccc(-c2ccccc2)cc1. The Morgan fingerprint density at radius 3 is 2.28 bits per heavy atom. The Labute approximate surface area is 148 Å². The standard InChI is InChI=1S/C21H23NO3/c23-21(22-18-10-11-19-20(14-18)25-13-12-24-19)17-8-6-16(7-9-17)15-4-2-1-3-5-15/h1-9,18-20H,10-14H2,(H,22,23)/t18-,19-,20-/m1/s1. The van der Waals surface area contributed by atoms with Crippen LogP contribution in [0.5, 0.6) is 0 Å². The fourth-order valence-electron chi connectivity index (χ4n) is 3.71. The predicted octanol–water partition coefficient (Wildman–Crippen LogP) is 3.42. The molecule has 130 valence electrons. The van der Waals surface area contributed by atoms with E-state index in [2.05, 4.69) is 17.4 Å². The summed E-state index contributed by atoms with van der Waals surface area (Å²) in [5.74, 6) is -0.0141. The maximum absolute atomic E-state index is 12.5. The van der Waals surface area contributed by atoms with E-state index >= 15 is 0 Å². The Morgan fingerprint density at radius 1 is 0.840 bits per heavy atom. The molecule has 2 fully saturated rings. The molecule has 1 saturated carbocycles. The number of hydrogen-bond acceptors (Lipinski definition) is 3. The molecule has 0 bridgehead atoms. The molecule has 1 aliphatic carbocycles. The maximum Gasteiger partial charge on any atom is 0.251 e. The molecule has 4 nitrogen and oxygen atoms in total. The fraction of sp³-hybridized carbons (Fsp3) is 0.381. The molecule has 4 rings (SSSR count). The van der Waals surface area contributed by atoms with Gasteiger partial charge in [-0.3, -0.25) is 4.79 Å². The number of carbonyl (C=O) groups excluding carboxylic acids is 1. The van der Waals surface area contributed by atoms with E-state index in [0.717, 1.165) is 30.4 Å². The minimum Gasteiger partial charge on any atom is -0.373 e. The van der Waals surface area contributed by atoms with E-state index in [0.29, 0.717) is 18.8 Å². The molecule has 1 amide bonds. The number of amides is 1. The number of fused-ring (bicyclic) bond motifs is 1. The Balaban J connectivity index is 1.38. The summed E-state index contributed by atoms with van der Waals surface area (Å²) in [5.41, 5.74) is 2.97. The topological polar surface area (TPSA) is 47.6 Å². The summed E-state index contributed by atoms with van der Waals surface area (Å²) in [6.07, 6.45) is 3.04. The van der Waals surface area contributed by atoms with Gasteiger partial charge < -0.3 is 14.8 Å². The van der Waals surface area contributed by atoms with Crippen LogP contribution in [0.4, 0.5) is 0 Å². The molecule has 0 unspecified atom stereocenters. The van der Waals surface area contributed by atoms with Crippen LogP contribution in [0.1, 0.15) is 29.6 Å². The van der Waals surface area contributed by atoms with Crippen molar-refractivity contribution < 1.29 is 14.3 Å². The van der Waals surface area contributed by atoms with Gasteiger partial charge in [-0.15, -0.1) is 0 Å². The molecule has 1 saturated heterocycles. The first-order valence-corrected chi connectivity index (χ1v) is 8.99. The molecule has 1 N–H and O–H groups in total. The summed E-state index contributed by atoms with van der Waals surface area (Å²) in [5, 5.41) is 3.15. The zero-order chi connectivity index (χ0) is 17.1. The lowest BCUT2D eigenvalue weighted by Gasteiger charge is -2.39. The lowest BCUT2D eigenvalue weighted by Crippen LogP contribution is -2.49. The third kappa shape index (κ3) is 3.75. The van der Waals surface area contributed by atoms with E-state index < -0.39 is 0 Å². The normalized spacial score (nSPS) is 25.8. The Bertz CT molecular complexity index is 714. The summed E-state index contributed by atoms with van der Waals surface area (Å²) in [4.78, 5) is 12.5. The molecular formula is C21H23NO3. The van der Waals surface area contributed by atoms with Crippen LogP contribution < -0.4 is 5.32 Å². The second-order valence-corrected chi connectivity index (χ2v) is 6.75. The van der Waals surface area contributed by atoms with Crippen molar-refractivity contribution in [2.75, 3.05) is 13.2 Å². The van der Waals surface area contributed by atoms with E-state index in [1.807, 2.05) is 42.5 Å². The van der Waals surface area contributed by atoms with Crippen LogP contribution in [0.3, 0.4) is 0 Å². The summed E-state index contributed by atoms with van der Waals surface area (Å²) >= 11 is 0. The highest BCUT2D eigenvalue weighted by atomic mass is 16.6. The van der Waals surface area contributed by atoms with Gasteiger partial charge in [-0.2, -0.15) is 0 Å². The first kappa shape index (κ1) is 16.3. The Kier molecular flexibility index (Phi) is 4.81. The smallest absolute Gasteiger partial charge is 0.251 e. The monoisotopic (exact) mass is 337 g/mol. The van der Waals surface area contributed by atoms with E-state index in [1.54, 1.807) is 0 Å².